The number of Topliss-reactive ketones (excluding diaryl/α,β-unsaturated/α-hetero) is 3. The molecular weight excluding hydrogens is 1190 g/mol. The van der Waals surface area contributed by atoms with E-state index in [0.29, 0.717) is 18.7 Å². The van der Waals surface area contributed by atoms with Crippen LogP contribution in [0.25, 0.3) is 16.5 Å². The van der Waals surface area contributed by atoms with E-state index in [9.17, 15) is 74.7 Å². The smallest absolute Gasteiger partial charge is 0.312 e. The summed E-state index contributed by atoms with van der Waals surface area (Å²) in [7, 11) is 10.2. The van der Waals surface area contributed by atoms with Crippen molar-refractivity contribution in [2.45, 2.75) is 110 Å². The zero-order valence-electron chi connectivity index (χ0n) is 54.1. The molecule has 1 saturated heterocycles. The number of aliphatic hydroxyl groups is 5. The number of likely N-dealkylation sites (N-methyl/N-ethyl adjacent to an activating group) is 2. The van der Waals surface area contributed by atoms with Crippen LogP contribution in [0.15, 0.2) is 70.3 Å². The number of nitrogens with one attached hydrogen (secondary N) is 1. The third kappa shape index (κ3) is 12.3. The van der Waals surface area contributed by atoms with Crippen molar-refractivity contribution in [1.29, 1.82) is 0 Å². The number of amides is 2. The minimum atomic E-state index is -2.63. The predicted molar refractivity (Wildman–Crippen MR) is 339 cm³/mol. The fourth-order valence-corrected chi connectivity index (χ4v) is 13.6. The van der Waals surface area contributed by atoms with Crippen LogP contribution >= 0.6 is 0 Å². The summed E-state index contributed by atoms with van der Waals surface area (Å²) in [6.07, 6.45) is 5.18. The topological polar surface area (TPSA) is 385 Å². The summed E-state index contributed by atoms with van der Waals surface area (Å²) >= 11 is 0. The number of nitrogens with two attached hydrogens (primary N) is 1. The van der Waals surface area contributed by atoms with Crippen LogP contribution < -0.4 is 20.7 Å². The lowest BCUT2D eigenvalue weighted by atomic mass is 9.57. The Balaban J connectivity index is 0.000000277. The molecule has 4 aliphatic heterocycles. The van der Waals surface area contributed by atoms with Crippen LogP contribution in [0.2, 0.25) is 0 Å². The van der Waals surface area contributed by atoms with E-state index in [2.05, 4.69) is 15.3 Å². The van der Waals surface area contributed by atoms with Crippen LogP contribution in [0, 0.1) is 42.4 Å². The number of benzene rings is 3. The second kappa shape index (κ2) is 26.6. The van der Waals surface area contributed by atoms with Crippen LogP contribution in [-0.2, 0) is 44.6 Å². The molecule has 7 aliphatic rings. The number of ketones is 3. The summed E-state index contributed by atoms with van der Waals surface area (Å²) in [6, 6.07) is 2.01. The van der Waals surface area contributed by atoms with E-state index in [4.69, 9.17) is 24.7 Å². The molecule has 26 nitrogen and oxygen atoms in total. The normalized spacial score (nSPS) is 31.0. The number of primary amides is 1. The molecule has 92 heavy (non-hydrogen) atoms. The van der Waals surface area contributed by atoms with E-state index >= 15 is 0 Å². The summed E-state index contributed by atoms with van der Waals surface area (Å²) in [4.78, 5) is 84.6. The minimum Gasteiger partial charge on any atom is -0.508 e. The van der Waals surface area contributed by atoms with Gasteiger partial charge < -0.3 is 85.8 Å². The lowest BCUT2D eigenvalue weighted by molar-refractivity contribution is -0.160. The Morgan fingerprint density at radius 2 is 1.51 bits per heavy atom. The maximum atomic E-state index is 14.4. The van der Waals surface area contributed by atoms with Gasteiger partial charge >= 0.3 is 11.8 Å². The number of hydrogen-bond acceptors (Lipinski definition) is 24. The van der Waals surface area contributed by atoms with E-state index < -0.39 is 147 Å². The first-order valence-electron chi connectivity index (χ1n) is 30.3. The monoisotopic (exact) mass is 1280 g/mol. The van der Waals surface area contributed by atoms with E-state index in [1.807, 2.05) is 26.0 Å². The maximum absolute atomic E-state index is 14.4. The zero-order valence-corrected chi connectivity index (χ0v) is 54.1. The number of phenolic OH excluding ortho intramolecular Hbond substituents is 4. The van der Waals surface area contributed by atoms with Crippen LogP contribution in [-0.4, -0.2) is 212 Å². The number of phenols is 4. The Morgan fingerprint density at radius 3 is 2.11 bits per heavy atom. The Hall–Kier alpha value is -8.53. The average Bonchev–Trinajstić information content (AvgIpc) is 0.951. The van der Waals surface area contributed by atoms with Gasteiger partial charge in [-0.05, 0) is 77.5 Å². The highest BCUT2D eigenvalue weighted by Crippen LogP contribution is 2.56. The van der Waals surface area contributed by atoms with Gasteiger partial charge in [0.25, 0.3) is 17.6 Å². The lowest BCUT2D eigenvalue weighted by Crippen LogP contribution is -2.65. The number of nitrogens with zero attached hydrogens (tertiary/aromatic N) is 5. The molecule has 2 amide bonds. The quantitative estimate of drug-likeness (QED) is 0.0514. The van der Waals surface area contributed by atoms with E-state index in [-0.39, 0.29) is 74.2 Å². The van der Waals surface area contributed by atoms with E-state index in [0.717, 1.165) is 18.8 Å². The molecule has 0 unspecified atom stereocenters. The maximum Gasteiger partial charge on any atom is 0.312 e. The number of esters is 1. The molecule has 26 heteroatoms. The number of aromatic hydroxyl groups is 4. The Labute approximate surface area is 532 Å². The van der Waals surface area contributed by atoms with Gasteiger partial charge in [0.15, 0.2) is 17.1 Å². The van der Waals surface area contributed by atoms with Crippen LogP contribution in [0.4, 0.5) is 11.4 Å². The number of aliphatic hydroxyl groups excluding tert-OH is 4. The van der Waals surface area contributed by atoms with Gasteiger partial charge in [-0.3, -0.25) is 38.7 Å². The first-order chi connectivity index (χ1) is 43.1. The summed E-state index contributed by atoms with van der Waals surface area (Å²) in [5.41, 5.74) is 2.80. The van der Waals surface area contributed by atoms with Crippen molar-refractivity contribution in [3.8, 4) is 28.7 Å². The second-order valence-corrected chi connectivity index (χ2v) is 25.4. The largest absolute Gasteiger partial charge is 0.508 e. The van der Waals surface area contributed by atoms with Gasteiger partial charge in [-0.1, -0.05) is 45.9 Å². The molecule has 5 bridgehead atoms. The van der Waals surface area contributed by atoms with Gasteiger partial charge in [0, 0.05) is 119 Å². The van der Waals surface area contributed by atoms with Gasteiger partial charge in [-0.25, -0.2) is 0 Å². The number of piperazine rings is 1. The second-order valence-electron chi connectivity index (χ2n) is 25.4. The standard InChI is InChI=1S/C43H58N4O12.C23H27N3O7/c1-21-12-11-13-22(2)42(55)45-33-28(20-44-47-17-15-46(9)16-18-47)37(52)30-31(38(33)53)36(51)26(6)40-32(30)41(54)43(8,59-40)57-19-14-29(56-10)23(3)39(58-27(7)48)25(5)35(50)24(4)34(21)49;1-25(2)12-5-6-13(27)15-10(12)7-9-8-11-17(26(3)4)19(29)16(22(24)32)21(31)23(11,33)20(30)14(9)18(15)28/h11-14,19-21,23-25,29,34-35,39,49-53H,15-18H2,1-10H3,(H,45,55);5-6,9,11,17,27-28,31,33H,7-8H2,1-4H3,(H2,24,32)/b12-11+,19-14+,22-13-,44-20+;/t21-,23+,24+,25+,29-,34-,35+,39+,43-;9-,11-,17-,23-/m00/s1. The number of fused-ring (bicyclic) bond motifs is 17. The molecule has 4 heterocycles. The molecule has 12 N–H and O–H groups in total. The number of hydrogen-bond donors (Lipinski definition) is 11. The third-order valence-corrected chi connectivity index (χ3v) is 18.9. The van der Waals surface area contributed by atoms with Gasteiger partial charge in [-0.15, -0.1) is 0 Å². The van der Waals surface area contributed by atoms with Gasteiger partial charge in [0.1, 0.15) is 46.2 Å². The van der Waals surface area contributed by atoms with Gasteiger partial charge in [0.2, 0.25) is 5.78 Å². The molecule has 2 fully saturated rings. The molecule has 1 saturated carbocycles. The number of anilines is 2. The highest BCUT2D eigenvalue weighted by Gasteiger charge is 2.64. The van der Waals surface area contributed by atoms with Crippen molar-refractivity contribution in [2.24, 2.45) is 46.3 Å². The van der Waals surface area contributed by atoms with E-state index in [1.165, 1.54) is 70.4 Å². The number of rotatable bonds is 7. The van der Waals surface area contributed by atoms with Crippen LogP contribution in [0.5, 0.6) is 28.7 Å². The summed E-state index contributed by atoms with van der Waals surface area (Å²) in [6.45, 7) is 15.1. The van der Waals surface area contributed by atoms with Crippen LogP contribution in [0.1, 0.15) is 87.5 Å². The number of carbonyl (C=O) groups excluding carboxylic acids is 6. The Kier molecular flexibility index (Phi) is 20.0. The lowest BCUT2D eigenvalue weighted by Gasteiger charge is -2.50. The van der Waals surface area contributed by atoms with Crippen LogP contribution in [0.3, 0.4) is 0 Å². The molecule has 3 aromatic rings. The molecule has 13 atom stereocenters. The van der Waals surface area contributed by atoms with Crippen molar-refractivity contribution in [1.82, 2.24) is 14.8 Å². The zero-order chi connectivity index (χ0) is 68.2. The fourth-order valence-electron chi connectivity index (χ4n) is 13.6. The number of ether oxygens (including phenoxy) is 4. The van der Waals surface area contributed by atoms with Crippen molar-refractivity contribution in [3.63, 3.8) is 0 Å². The third-order valence-electron chi connectivity index (χ3n) is 18.9. The van der Waals surface area contributed by atoms with Crippen molar-refractivity contribution >= 4 is 69.3 Å². The first kappa shape index (κ1) is 69.4. The van der Waals surface area contributed by atoms with Gasteiger partial charge in [0.05, 0.1) is 64.6 Å². The fraction of sp³-hybridized carbons (Fsp3) is 0.500. The molecule has 10 rings (SSSR count). The molecule has 498 valence electrons. The molecule has 0 radical (unpaired) electrons. The molecule has 0 spiro atoms. The molecule has 0 aromatic heterocycles. The summed E-state index contributed by atoms with van der Waals surface area (Å²) < 4.78 is 23.6. The highest BCUT2D eigenvalue weighted by molar-refractivity contribution is 6.25. The van der Waals surface area contributed by atoms with Crippen molar-refractivity contribution in [2.75, 3.05) is 78.7 Å². The Morgan fingerprint density at radius 1 is 0.859 bits per heavy atom. The summed E-state index contributed by atoms with van der Waals surface area (Å²) in [5, 5.41) is 111. The number of hydrazone groups is 1. The Bertz CT molecular complexity index is 3690. The number of carbonyl (C=O) groups is 6. The van der Waals surface area contributed by atoms with Crippen molar-refractivity contribution in [3.05, 3.63) is 93.0 Å². The van der Waals surface area contributed by atoms with Crippen molar-refractivity contribution < 1.29 is 93.7 Å². The number of methoxy groups -OCH3 is 1. The first-order valence-corrected chi connectivity index (χ1v) is 30.3. The van der Waals surface area contributed by atoms with E-state index in [1.54, 1.807) is 65.0 Å². The summed E-state index contributed by atoms with van der Waals surface area (Å²) in [5.74, 6) is -14.9. The molecule has 3 aromatic carbocycles. The highest BCUT2D eigenvalue weighted by atomic mass is 16.7. The molecular formula is C66H85N7O19. The average molecular weight is 1280 g/mol. The number of allylic oxidation sites excluding steroid dienone is 2. The molecule has 3 aliphatic carbocycles. The van der Waals surface area contributed by atoms with Gasteiger partial charge in [-0.2, -0.15) is 5.10 Å². The SMILES string of the molecule is CN(C)c1ccc(O)c2c1C[C@H]1C[C@H]3[C@H](N(C)C)C(=O)C(C(N)=O)=C(O)[C@@]3(O)C(=O)C1=C2O.CO[C@H]1/C=C/O[C@@]2(C)Oc3c(C)c(O)c4c(O)c(c(/C=N/N5CCN(C)CC5)c(O)c4c3C2=O)NC(=O)/C(C)=C\C=C\[C@H](C)[C@H](O)[C@@H](C)[C@@H](O)[C@@H](C)[C@H](OC(C)=O)[C@@H]1C. The minimum absolute atomic E-state index is 0.0559. The predicted octanol–water partition coefficient (Wildman–Crippen LogP) is 4.37.